The smallest absolute Gasteiger partial charge is 0.265 e. The zero-order valence-electron chi connectivity index (χ0n) is 14.4. The Morgan fingerprint density at radius 3 is 2.30 bits per heavy atom. The van der Waals surface area contributed by atoms with Crippen molar-refractivity contribution in [3.63, 3.8) is 0 Å². The fourth-order valence-corrected chi connectivity index (χ4v) is 3.79. The molecule has 0 amide bonds. The summed E-state index contributed by atoms with van der Waals surface area (Å²) in [5, 5.41) is 10.8. The zero-order valence-corrected chi connectivity index (χ0v) is 15.2. The van der Waals surface area contributed by atoms with Crippen LogP contribution in [-0.4, -0.2) is 28.5 Å². The van der Waals surface area contributed by atoms with Crippen molar-refractivity contribution < 1.29 is 35.0 Å². The minimum atomic E-state index is -4.21. The van der Waals surface area contributed by atoms with E-state index in [4.69, 9.17) is 0 Å². The van der Waals surface area contributed by atoms with E-state index >= 15 is 0 Å². The Kier molecular flexibility index (Phi) is 4.64. The molecule has 30 heavy (non-hydrogen) atoms. The maximum atomic E-state index is 13.8. The molecule has 0 aliphatic rings. The number of nitrogens with one attached hydrogen (secondary N) is 1. The highest BCUT2D eigenvalue weighted by Crippen LogP contribution is 2.25. The van der Waals surface area contributed by atoms with Gasteiger partial charge in [-0.1, -0.05) is 6.07 Å². The molecule has 8 nitrogen and oxygen atoms in total. The van der Waals surface area contributed by atoms with Crippen molar-refractivity contribution in [2.24, 2.45) is 0 Å². The number of hydrogen-bond donors (Lipinski definition) is 1. The third-order valence-corrected chi connectivity index (χ3v) is 5.43. The molecular formula is C16H8F5N5O3S. The van der Waals surface area contributed by atoms with Gasteiger partial charge in [-0.15, -0.1) is 0 Å². The van der Waals surface area contributed by atoms with Crippen LogP contribution in [0, 0.1) is 29.1 Å². The van der Waals surface area contributed by atoms with Gasteiger partial charge in [0.25, 0.3) is 10.0 Å². The number of sulfonamides is 1. The van der Waals surface area contributed by atoms with Crippen LogP contribution in [0.15, 0.2) is 40.0 Å². The van der Waals surface area contributed by atoms with Gasteiger partial charge in [-0.25, -0.2) is 35.0 Å². The first kappa shape index (κ1) is 19.8. The normalized spacial score (nSPS) is 11.9. The van der Waals surface area contributed by atoms with Crippen molar-refractivity contribution in [2.75, 3.05) is 4.72 Å². The van der Waals surface area contributed by atoms with Gasteiger partial charge in [0.15, 0.2) is 34.6 Å². The largest absolute Gasteiger partial charge is 0.266 e. The SMILES string of the molecule is O=S(=O)(Nc1ccn(Cc2c(F)c(F)c(F)c(F)c2F)n1)c1cccc2nonc12. The molecule has 0 fully saturated rings. The van der Waals surface area contributed by atoms with Crippen molar-refractivity contribution in [1.29, 1.82) is 0 Å². The molecule has 2 aromatic heterocycles. The number of benzene rings is 2. The van der Waals surface area contributed by atoms with Crippen molar-refractivity contribution in [2.45, 2.75) is 11.4 Å². The molecule has 0 bridgehead atoms. The molecule has 2 aromatic carbocycles. The molecule has 2 heterocycles. The summed E-state index contributed by atoms with van der Waals surface area (Å²) < 4.78 is 100.0. The van der Waals surface area contributed by atoms with Gasteiger partial charge in [-0.3, -0.25) is 9.40 Å². The summed E-state index contributed by atoms with van der Waals surface area (Å²) in [4.78, 5) is -0.268. The molecule has 0 radical (unpaired) electrons. The second kappa shape index (κ2) is 7.05. The van der Waals surface area contributed by atoms with Gasteiger partial charge in [-0.2, -0.15) is 5.10 Å². The second-order valence-corrected chi connectivity index (χ2v) is 7.59. The monoisotopic (exact) mass is 445 g/mol. The van der Waals surface area contributed by atoms with Gasteiger partial charge < -0.3 is 0 Å². The minimum absolute atomic E-state index is 0.0363. The first-order valence-corrected chi connectivity index (χ1v) is 9.45. The number of fused-ring (bicyclic) bond motifs is 1. The number of nitrogens with zero attached hydrogens (tertiary/aromatic N) is 4. The highest BCUT2D eigenvalue weighted by molar-refractivity contribution is 7.93. The van der Waals surface area contributed by atoms with Gasteiger partial charge in [0.2, 0.25) is 5.82 Å². The van der Waals surface area contributed by atoms with Gasteiger partial charge in [0.1, 0.15) is 10.4 Å². The second-order valence-electron chi connectivity index (χ2n) is 5.94. The van der Waals surface area contributed by atoms with Crippen molar-refractivity contribution >= 4 is 26.9 Å². The summed E-state index contributed by atoms with van der Waals surface area (Å²) >= 11 is 0. The Morgan fingerprint density at radius 1 is 0.933 bits per heavy atom. The lowest BCUT2D eigenvalue weighted by atomic mass is 10.1. The Hall–Kier alpha value is -3.55. The topological polar surface area (TPSA) is 103 Å². The van der Waals surface area contributed by atoms with Gasteiger partial charge in [0.05, 0.1) is 12.1 Å². The zero-order chi connectivity index (χ0) is 21.6. The molecule has 0 aliphatic heterocycles. The maximum Gasteiger partial charge on any atom is 0.265 e. The lowest BCUT2D eigenvalue weighted by Gasteiger charge is -2.08. The van der Waals surface area contributed by atoms with E-state index in [9.17, 15) is 30.4 Å². The first-order valence-electron chi connectivity index (χ1n) is 7.97. The van der Waals surface area contributed by atoms with E-state index in [-0.39, 0.29) is 21.7 Å². The van der Waals surface area contributed by atoms with Crippen molar-refractivity contribution in [1.82, 2.24) is 20.1 Å². The highest BCUT2D eigenvalue weighted by Gasteiger charge is 2.26. The summed E-state index contributed by atoms with van der Waals surface area (Å²) in [5.74, 6) is -10.7. The van der Waals surface area contributed by atoms with E-state index in [1.807, 2.05) is 0 Å². The molecule has 0 aliphatic carbocycles. The molecule has 14 heteroatoms. The predicted molar refractivity (Wildman–Crippen MR) is 90.2 cm³/mol. The van der Waals surface area contributed by atoms with Crippen LogP contribution in [0.1, 0.15) is 5.56 Å². The molecule has 0 spiro atoms. The van der Waals surface area contributed by atoms with Crippen LogP contribution < -0.4 is 4.72 Å². The molecule has 0 saturated heterocycles. The summed E-state index contributed by atoms with van der Waals surface area (Å²) in [6, 6.07) is 5.25. The van der Waals surface area contributed by atoms with Crippen LogP contribution in [0.4, 0.5) is 27.8 Å². The molecule has 0 saturated carbocycles. The number of hydrogen-bond acceptors (Lipinski definition) is 6. The molecule has 156 valence electrons. The van der Waals surface area contributed by atoms with Gasteiger partial charge in [-0.05, 0) is 22.4 Å². The van der Waals surface area contributed by atoms with Crippen molar-refractivity contribution in [3.05, 3.63) is 65.1 Å². The molecule has 0 unspecified atom stereocenters. The molecule has 0 atom stereocenters. The van der Waals surface area contributed by atoms with E-state index < -0.39 is 51.2 Å². The van der Waals surface area contributed by atoms with Gasteiger partial charge in [0, 0.05) is 12.3 Å². The number of rotatable bonds is 5. The fourth-order valence-electron chi connectivity index (χ4n) is 2.65. The quantitative estimate of drug-likeness (QED) is 0.288. The van der Waals surface area contributed by atoms with Crippen LogP contribution in [0.5, 0.6) is 0 Å². The Balaban J connectivity index is 1.62. The van der Waals surface area contributed by atoms with E-state index in [0.717, 1.165) is 16.9 Å². The van der Waals surface area contributed by atoms with E-state index in [1.165, 1.54) is 18.2 Å². The number of aromatic nitrogens is 4. The molecule has 4 aromatic rings. The Bertz CT molecular complexity index is 1360. The molecular weight excluding hydrogens is 437 g/mol. The van der Waals surface area contributed by atoms with Crippen LogP contribution in [0.2, 0.25) is 0 Å². The average Bonchev–Trinajstić information content (AvgIpc) is 3.36. The number of anilines is 1. The summed E-state index contributed by atoms with van der Waals surface area (Å²) in [5.41, 5.74) is -0.970. The lowest BCUT2D eigenvalue weighted by molar-refractivity contribution is 0.315. The summed E-state index contributed by atoms with van der Waals surface area (Å²) in [6.45, 7) is -0.837. The average molecular weight is 445 g/mol. The molecule has 1 N–H and O–H groups in total. The fraction of sp³-hybridized carbons (Fsp3) is 0.0625. The maximum absolute atomic E-state index is 13.8. The van der Waals surface area contributed by atoms with Crippen LogP contribution >= 0.6 is 0 Å². The van der Waals surface area contributed by atoms with Crippen LogP contribution in [0.25, 0.3) is 11.0 Å². The molecule has 4 rings (SSSR count). The lowest BCUT2D eigenvalue weighted by Crippen LogP contribution is -2.15. The van der Waals surface area contributed by atoms with Crippen LogP contribution in [0.3, 0.4) is 0 Å². The van der Waals surface area contributed by atoms with Crippen LogP contribution in [-0.2, 0) is 16.6 Å². The third kappa shape index (κ3) is 3.24. The Labute approximate surface area is 163 Å². The Morgan fingerprint density at radius 2 is 1.60 bits per heavy atom. The minimum Gasteiger partial charge on any atom is -0.266 e. The standard InChI is InChI=1S/C16H8F5N5O3S/c17-11-7(12(18)14(20)15(21)13(11)19)6-26-5-4-10(22-26)25-30(27,28)9-3-1-2-8-16(9)24-29-23-8/h1-5H,6H2,(H,22,25). The number of halogens is 5. The van der Waals surface area contributed by atoms with E-state index in [0.29, 0.717) is 0 Å². The van der Waals surface area contributed by atoms with Gasteiger partial charge >= 0.3 is 0 Å². The summed E-state index contributed by atoms with van der Waals surface area (Å²) in [7, 11) is -4.21. The van der Waals surface area contributed by atoms with E-state index in [2.05, 4.69) is 24.8 Å². The van der Waals surface area contributed by atoms with Crippen molar-refractivity contribution in [3.8, 4) is 0 Å². The third-order valence-electron chi connectivity index (χ3n) is 4.04. The van der Waals surface area contributed by atoms with E-state index in [1.54, 1.807) is 0 Å². The first-order chi connectivity index (χ1) is 14.2. The highest BCUT2D eigenvalue weighted by atomic mass is 32.2. The predicted octanol–water partition coefficient (Wildman–Crippen LogP) is 2.96. The summed E-state index contributed by atoms with van der Waals surface area (Å²) in [6.07, 6.45) is 1.09.